The molecule has 0 bridgehead atoms. The third-order valence-corrected chi connectivity index (χ3v) is 4.27. The lowest BCUT2D eigenvalue weighted by atomic mass is 10.2. The third-order valence-electron chi connectivity index (χ3n) is 3.03. The van der Waals surface area contributed by atoms with Crippen LogP contribution in [0.1, 0.15) is 36.7 Å². The first-order valence-electron chi connectivity index (χ1n) is 6.17. The highest BCUT2D eigenvalue weighted by Gasteiger charge is 2.26. The number of carbonyl (C=O) groups is 1. The fraction of sp³-hybridized carbons (Fsp3) is 0.583. The molecule has 1 aliphatic rings. The Labute approximate surface area is 110 Å². The number of aromatic amines is 1. The van der Waals surface area contributed by atoms with Gasteiger partial charge < -0.3 is 5.32 Å². The van der Waals surface area contributed by atoms with Crippen LogP contribution in [-0.4, -0.2) is 33.1 Å². The zero-order valence-corrected chi connectivity index (χ0v) is 11.1. The van der Waals surface area contributed by atoms with E-state index in [1.54, 1.807) is 0 Å². The second-order valence-corrected chi connectivity index (χ2v) is 5.94. The molecule has 2 N–H and O–H groups in total. The SMILES string of the molecule is CCSC1CCC(NC(=O)c2ccc(=O)[nH]n2)C1. The van der Waals surface area contributed by atoms with Crippen molar-refractivity contribution in [3.63, 3.8) is 0 Å². The summed E-state index contributed by atoms with van der Waals surface area (Å²) < 4.78 is 0. The zero-order valence-electron chi connectivity index (χ0n) is 10.3. The number of amides is 1. The van der Waals surface area contributed by atoms with Crippen molar-refractivity contribution >= 4 is 17.7 Å². The van der Waals surface area contributed by atoms with Crippen LogP contribution < -0.4 is 10.9 Å². The molecule has 18 heavy (non-hydrogen) atoms. The van der Waals surface area contributed by atoms with Gasteiger partial charge in [0, 0.05) is 17.4 Å². The van der Waals surface area contributed by atoms with E-state index in [0.717, 1.165) is 25.0 Å². The molecule has 2 rings (SSSR count). The average molecular weight is 267 g/mol. The van der Waals surface area contributed by atoms with E-state index >= 15 is 0 Å². The average Bonchev–Trinajstić information content (AvgIpc) is 2.78. The van der Waals surface area contributed by atoms with Crippen molar-refractivity contribution in [3.05, 3.63) is 28.2 Å². The standard InChI is InChI=1S/C12H17N3O2S/c1-2-18-9-4-3-8(7-9)13-12(17)10-5-6-11(16)15-14-10/h5-6,8-9H,2-4,7H2,1H3,(H,13,17)(H,15,16). The Hall–Kier alpha value is -1.30. The first-order chi connectivity index (χ1) is 8.69. The second kappa shape index (κ2) is 6.04. The van der Waals surface area contributed by atoms with Gasteiger partial charge in [-0.05, 0) is 31.1 Å². The monoisotopic (exact) mass is 267 g/mol. The molecule has 6 heteroatoms. The number of hydrogen-bond donors (Lipinski definition) is 2. The lowest BCUT2D eigenvalue weighted by molar-refractivity contribution is 0.0932. The minimum absolute atomic E-state index is 0.210. The lowest BCUT2D eigenvalue weighted by Crippen LogP contribution is -2.34. The van der Waals surface area contributed by atoms with Crippen LogP contribution in [-0.2, 0) is 0 Å². The third kappa shape index (κ3) is 3.35. The molecule has 2 unspecified atom stereocenters. The molecule has 1 fully saturated rings. The number of thioether (sulfide) groups is 1. The quantitative estimate of drug-likeness (QED) is 0.859. The van der Waals surface area contributed by atoms with Gasteiger partial charge in [-0.1, -0.05) is 6.92 Å². The molecule has 0 saturated heterocycles. The summed E-state index contributed by atoms with van der Waals surface area (Å²) in [6.45, 7) is 2.15. The van der Waals surface area contributed by atoms with Gasteiger partial charge in [0.2, 0.25) is 0 Å². The first kappa shape index (κ1) is 13.1. The molecule has 1 aromatic rings. The van der Waals surface area contributed by atoms with Crippen LogP contribution in [0.3, 0.4) is 0 Å². The highest BCUT2D eigenvalue weighted by Crippen LogP contribution is 2.29. The maximum atomic E-state index is 11.9. The predicted molar refractivity (Wildman–Crippen MR) is 71.9 cm³/mol. The summed E-state index contributed by atoms with van der Waals surface area (Å²) in [4.78, 5) is 22.7. The molecule has 1 aliphatic carbocycles. The smallest absolute Gasteiger partial charge is 0.271 e. The van der Waals surface area contributed by atoms with Gasteiger partial charge in [-0.25, -0.2) is 5.10 Å². The molecule has 1 heterocycles. The molecule has 1 amide bonds. The number of aromatic nitrogens is 2. The largest absolute Gasteiger partial charge is 0.348 e. The Bertz CT molecular complexity index is 454. The van der Waals surface area contributed by atoms with E-state index in [0.29, 0.717) is 5.25 Å². The van der Waals surface area contributed by atoms with Crippen LogP contribution in [0, 0.1) is 0 Å². The number of rotatable bonds is 4. The number of hydrogen-bond acceptors (Lipinski definition) is 4. The number of nitrogens with one attached hydrogen (secondary N) is 2. The maximum Gasteiger partial charge on any atom is 0.271 e. The molecule has 98 valence electrons. The highest BCUT2D eigenvalue weighted by molar-refractivity contribution is 7.99. The molecule has 0 aliphatic heterocycles. The van der Waals surface area contributed by atoms with E-state index < -0.39 is 0 Å². The van der Waals surface area contributed by atoms with Gasteiger partial charge >= 0.3 is 0 Å². The summed E-state index contributed by atoms with van der Waals surface area (Å²) in [5, 5.41) is 9.61. The summed E-state index contributed by atoms with van der Waals surface area (Å²) in [5.41, 5.74) is -0.0342. The van der Waals surface area contributed by atoms with E-state index in [1.807, 2.05) is 11.8 Å². The van der Waals surface area contributed by atoms with Crippen molar-refractivity contribution < 1.29 is 4.79 Å². The minimum Gasteiger partial charge on any atom is -0.348 e. The van der Waals surface area contributed by atoms with Gasteiger partial charge in [-0.3, -0.25) is 9.59 Å². The zero-order chi connectivity index (χ0) is 13.0. The fourth-order valence-electron chi connectivity index (χ4n) is 2.19. The van der Waals surface area contributed by atoms with Crippen molar-refractivity contribution in [1.29, 1.82) is 0 Å². The Morgan fingerprint density at radius 1 is 1.56 bits per heavy atom. The Kier molecular flexibility index (Phi) is 4.41. The minimum atomic E-state index is -0.299. The predicted octanol–water partition coefficient (Wildman–Crippen LogP) is 1.17. The first-order valence-corrected chi connectivity index (χ1v) is 7.22. The van der Waals surface area contributed by atoms with Crippen molar-refractivity contribution in [3.8, 4) is 0 Å². The van der Waals surface area contributed by atoms with Gasteiger partial charge in [0.05, 0.1) is 0 Å². The molecule has 5 nitrogen and oxygen atoms in total. The van der Waals surface area contributed by atoms with Gasteiger partial charge in [0.25, 0.3) is 11.5 Å². The normalized spacial score (nSPS) is 22.9. The van der Waals surface area contributed by atoms with E-state index in [4.69, 9.17) is 0 Å². The topological polar surface area (TPSA) is 74.8 Å². The molecule has 0 aromatic carbocycles. The van der Waals surface area contributed by atoms with E-state index in [2.05, 4.69) is 22.4 Å². The molecule has 2 atom stereocenters. The summed E-state index contributed by atoms with van der Waals surface area (Å²) in [7, 11) is 0. The molecule has 0 radical (unpaired) electrons. The van der Waals surface area contributed by atoms with Gasteiger partial charge in [-0.2, -0.15) is 16.9 Å². The van der Waals surface area contributed by atoms with Crippen LogP contribution in [0.4, 0.5) is 0 Å². The van der Waals surface area contributed by atoms with Crippen LogP contribution in [0.5, 0.6) is 0 Å². The van der Waals surface area contributed by atoms with Gasteiger partial charge in [-0.15, -0.1) is 0 Å². The van der Waals surface area contributed by atoms with Gasteiger partial charge in [0.1, 0.15) is 5.69 Å². The molecule has 0 spiro atoms. The van der Waals surface area contributed by atoms with Crippen LogP contribution in [0.15, 0.2) is 16.9 Å². The van der Waals surface area contributed by atoms with Crippen molar-refractivity contribution in [2.75, 3.05) is 5.75 Å². The van der Waals surface area contributed by atoms with Crippen LogP contribution >= 0.6 is 11.8 Å². The lowest BCUT2D eigenvalue weighted by Gasteiger charge is -2.12. The molecule has 1 aromatic heterocycles. The van der Waals surface area contributed by atoms with Gasteiger partial charge in [0.15, 0.2) is 0 Å². The van der Waals surface area contributed by atoms with Crippen LogP contribution in [0.25, 0.3) is 0 Å². The second-order valence-electron chi connectivity index (χ2n) is 4.37. The van der Waals surface area contributed by atoms with Crippen molar-refractivity contribution in [2.45, 2.75) is 37.5 Å². The summed E-state index contributed by atoms with van der Waals surface area (Å²) in [6, 6.07) is 2.99. The number of nitrogens with zero attached hydrogens (tertiary/aromatic N) is 1. The summed E-state index contributed by atoms with van der Waals surface area (Å²) in [5.74, 6) is 0.908. The Morgan fingerprint density at radius 3 is 3.06 bits per heavy atom. The summed E-state index contributed by atoms with van der Waals surface area (Å²) >= 11 is 1.95. The van der Waals surface area contributed by atoms with E-state index in [-0.39, 0.29) is 23.2 Å². The maximum absolute atomic E-state index is 11.9. The fourth-order valence-corrected chi connectivity index (χ4v) is 3.33. The van der Waals surface area contributed by atoms with Crippen molar-refractivity contribution in [1.82, 2.24) is 15.5 Å². The number of H-pyrrole nitrogens is 1. The number of carbonyl (C=O) groups excluding carboxylic acids is 1. The summed E-state index contributed by atoms with van der Waals surface area (Å²) in [6.07, 6.45) is 3.20. The van der Waals surface area contributed by atoms with E-state index in [9.17, 15) is 9.59 Å². The Balaban J connectivity index is 1.88. The highest BCUT2D eigenvalue weighted by atomic mass is 32.2. The Morgan fingerprint density at radius 2 is 2.39 bits per heavy atom. The van der Waals surface area contributed by atoms with Crippen LogP contribution in [0.2, 0.25) is 0 Å². The van der Waals surface area contributed by atoms with E-state index in [1.165, 1.54) is 12.1 Å². The molecular formula is C12H17N3O2S. The van der Waals surface area contributed by atoms with Crippen molar-refractivity contribution in [2.24, 2.45) is 0 Å². The molecule has 1 saturated carbocycles. The molecular weight excluding hydrogens is 250 g/mol.